The van der Waals surface area contributed by atoms with Gasteiger partial charge in [-0.3, -0.25) is 14.4 Å². The maximum absolute atomic E-state index is 12.6. The van der Waals surface area contributed by atoms with Gasteiger partial charge in [-0.2, -0.15) is 0 Å². The second-order valence-corrected chi connectivity index (χ2v) is 13.5. The van der Waals surface area contributed by atoms with Crippen LogP contribution in [0, 0.1) is 0 Å². The van der Waals surface area contributed by atoms with Crippen molar-refractivity contribution in [2.24, 2.45) is 0 Å². The number of esters is 3. The van der Waals surface area contributed by atoms with Crippen LogP contribution in [0.15, 0.2) is 97.2 Å². The van der Waals surface area contributed by atoms with Gasteiger partial charge in [0, 0.05) is 19.3 Å². The zero-order valence-electron chi connectivity index (χ0n) is 34.4. The lowest BCUT2D eigenvalue weighted by Crippen LogP contribution is -2.30. The van der Waals surface area contributed by atoms with E-state index in [1.54, 1.807) is 0 Å². The molecule has 0 rings (SSSR count). The molecule has 0 heterocycles. The van der Waals surface area contributed by atoms with E-state index >= 15 is 0 Å². The molecule has 0 spiro atoms. The Hall–Kier alpha value is -3.67. The van der Waals surface area contributed by atoms with Crippen molar-refractivity contribution in [3.63, 3.8) is 0 Å². The number of ether oxygens (including phenoxy) is 3. The summed E-state index contributed by atoms with van der Waals surface area (Å²) < 4.78 is 16.5. The standard InChI is InChI=1S/C48H76O6/c1-4-7-10-13-16-19-21-22-23-24-25-27-29-32-35-38-41-47(50)53-44-45(43-52-46(49)40-37-34-31-28-18-15-12-9-6-3)54-48(51)42-39-36-33-30-26-20-17-14-11-8-5-2/h7-8,10-11,16-17,19-20,22-23,25,27-28,30-31,33,45H,4-6,9,12-15,18,21,24,26,29,32,34-44H2,1-3H3/b10-7-,11-8-,19-16-,20-17-,23-22-,27-25-,31-28-,33-30-. The molecule has 0 aromatic rings. The van der Waals surface area contributed by atoms with Gasteiger partial charge in [-0.05, 0) is 103 Å². The molecule has 0 saturated heterocycles. The predicted octanol–water partition coefficient (Wildman–Crippen LogP) is 13.5. The summed E-state index contributed by atoms with van der Waals surface area (Å²) in [6.07, 6.45) is 54.1. The number of allylic oxidation sites excluding steroid dienone is 16. The molecule has 0 fully saturated rings. The minimum Gasteiger partial charge on any atom is -0.462 e. The Labute approximate surface area is 330 Å². The Morgan fingerprint density at radius 3 is 1.19 bits per heavy atom. The van der Waals surface area contributed by atoms with Crippen LogP contribution in [0.2, 0.25) is 0 Å². The Balaban J connectivity index is 4.52. The van der Waals surface area contributed by atoms with Crippen LogP contribution in [0.1, 0.15) is 168 Å². The molecule has 0 aromatic heterocycles. The summed E-state index contributed by atoms with van der Waals surface area (Å²) in [4.78, 5) is 37.5. The first-order valence-electron chi connectivity index (χ1n) is 21.2. The summed E-state index contributed by atoms with van der Waals surface area (Å²) >= 11 is 0. The molecule has 0 bridgehead atoms. The molecule has 0 radical (unpaired) electrons. The van der Waals surface area contributed by atoms with Crippen LogP contribution in [0.4, 0.5) is 0 Å². The van der Waals surface area contributed by atoms with Crippen molar-refractivity contribution in [2.45, 2.75) is 175 Å². The zero-order chi connectivity index (χ0) is 39.4. The second-order valence-electron chi connectivity index (χ2n) is 13.5. The van der Waals surface area contributed by atoms with Crippen molar-refractivity contribution in [1.29, 1.82) is 0 Å². The smallest absolute Gasteiger partial charge is 0.306 e. The highest BCUT2D eigenvalue weighted by Crippen LogP contribution is 2.10. The van der Waals surface area contributed by atoms with Crippen molar-refractivity contribution in [2.75, 3.05) is 13.2 Å². The van der Waals surface area contributed by atoms with E-state index in [1.165, 1.54) is 25.7 Å². The quantitative estimate of drug-likeness (QED) is 0.0275. The minimum atomic E-state index is -0.825. The molecule has 304 valence electrons. The first-order valence-corrected chi connectivity index (χ1v) is 21.2. The summed E-state index contributed by atoms with van der Waals surface area (Å²) in [6.45, 7) is 6.23. The third-order valence-electron chi connectivity index (χ3n) is 8.30. The Morgan fingerprint density at radius 2 is 0.741 bits per heavy atom. The largest absolute Gasteiger partial charge is 0.462 e. The van der Waals surface area contributed by atoms with Gasteiger partial charge in [-0.25, -0.2) is 0 Å². The van der Waals surface area contributed by atoms with E-state index in [4.69, 9.17) is 14.2 Å². The number of unbranched alkanes of at least 4 members (excludes halogenated alkanes) is 9. The van der Waals surface area contributed by atoms with Gasteiger partial charge in [0.2, 0.25) is 0 Å². The van der Waals surface area contributed by atoms with Crippen LogP contribution in [0.25, 0.3) is 0 Å². The molecular formula is C48H76O6. The van der Waals surface area contributed by atoms with Crippen LogP contribution in [0.3, 0.4) is 0 Å². The average molecular weight is 749 g/mol. The van der Waals surface area contributed by atoms with E-state index in [0.29, 0.717) is 25.7 Å². The molecule has 6 nitrogen and oxygen atoms in total. The fraction of sp³-hybridized carbons (Fsp3) is 0.604. The summed E-state index contributed by atoms with van der Waals surface area (Å²) in [5, 5.41) is 0. The maximum atomic E-state index is 12.6. The van der Waals surface area contributed by atoms with Gasteiger partial charge in [0.05, 0.1) is 0 Å². The van der Waals surface area contributed by atoms with E-state index < -0.39 is 6.10 Å². The molecule has 1 atom stereocenters. The normalized spacial score (nSPS) is 13.0. The molecule has 1 unspecified atom stereocenters. The van der Waals surface area contributed by atoms with Crippen molar-refractivity contribution in [1.82, 2.24) is 0 Å². The highest BCUT2D eigenvalue weighted by molar-refractivity contribution is 5.71. The fourth-order valence-electron chi connectivity index (χ4n) is 5.16. The van der Waals surface area contributed by atoms with Crippen molar-refractivity contribution in [3.8, 4) is 0 Å². The average Bonchev–Trinajstić information content (AvgIpc) is 3.17. The van der Waals surface area contributed by atoms with Crippen LogP contribution >= 0.6 is 0 Å². The highest BCUT2D eigenvalue weighted by Gasteiger charge is 2.19. The molecule has 0 aromatic carbocycles. The SMILES string of the molecule is CC/C=C\C/C=C\C/C=C\C/C=C\CCCCCC(=O)OCC(COC(=O)CCC/C=C\CCCCCC)OC(=O)CCC/C=C\C/C=C\C/C=C\CC. The van der Waals surface area contributed by atoms with E-state index in [9.17, 15) is 14.4 Å². The van der Waals surface area contributed by atoms with Crippen LogP contribution in [-0.2, 0) is 28.6 Å². The van der Waals surface area contributed by atoms with E-state index in [-0.39, 0.29) is 37.5 Å². The van der Waals surface area contributed by atoms with Gasteiger partial charge in [-0.1, -0.05) is 144 Å². The monoisotopic (exact) mass is 749 g/mol. The Morgan fingerprint density at radius 1 is 0.389 bits per heavy atom. The van der Waals surface area contributed by atoms with Gasteiger partial charge in [0.1, 0.15) is 13.2 Å². The summed E-state index contributed by atoms with van der Waals surface area (Å²) in [5.41, 5.74) is 0. The van der Waals surface area contributed by atoms with Gasteiger partial charge in [0.15, 0.2) is 6.10 Å². The van der Waals surface area contributed by atoms with E-state index in [0.717, 1.165) is 89.9 Å². The number of carbonyl (C=O) groups is 3. The second kappa shape index (κ2) is 42.1. The molecular weight excluding hydrogens is 673 g/mol. The van der Waals surface area contributed by atoms with Crippen molar-refractivity contribution < 1.29 is 28.6 Å². The predicted molar refractivity (Wildman–Crippen MR) is 228 cm³/mol. The third-order valence-corrected chi connectivity index (χ3v) is 8.30. The molecule has 0 N–H and O–H groups in total. The molecule has 0 aliphatic carbocycles. The van der Waals surface area contributed by atoms with Crippen LogP contribution < -0.4 is 0 Å². The zero-order valence-corrected chi connectivity index (χ0v) is 34.4. The molecule has 0 aliphatic heterocycles. The van der Waals surface area contributed by atoms with Gasteiger partial charge in [0.25, 0.3) is 0 Å². The Kier molecular flexibility index (Phi) is 39.2. The first-order chi connectivity index (χ1) is 26.5. The number of hydrogen-bond donors (Lipinski definition) is 0. The summed E-state index contributed by atoms with van der Waals surface area (Å²) in [7, 11) is 0. The first kappa shape index (κ1) is 50.3. The number of carbonyl (C=O) groups excluding carboxylic acids is 3. The lowest BCUT2D eigenvalue weighted by Gasteiger charge is -2.18. The fourth-order valence-corrected chi connectivity index (χ4v) is 5.16. The van der Waals surface area contributed by atoms with Crippen molar-refractivity contribution >= 4 is 17.9 Å². The topological polar surface area (TPSA) is 78.9 Å². The number of rotatable bonds is 36. The lowest BCUT2D eigenvalue weighted by molar-refractivity contribution is -0.167. The molecule has 0 aliphatic rings. The summed E-state index contributed by atoms with van der Waals surface area (Å²) in [6, 6.07) is 0. The van der Waals surface area contributed by atoms with Gasteiger partial charge >= 0.3 is 17.9 Å². The van der Waals surface area contributed by atoms with E-state index in [2.05, 4.69) is 118 Å². The highest BCUT2D eigenvalue weighted by atomic mass is 16.6. The molecule has 0 amide bonds. The minimum absolute atomic E-state index is 0.125. The van der Waals surface area contributed by atoms with Crippen molar-refractivity contribution in [3.05, 3.63) is 97.2 Å². The van der Waals surface area contributed by atoms with Crippen LogP contribution in [-0.4, -0.2) is 37.2 Å². The summed E-state index contributed by atoms with van der Waals surface area (Å²) in [5.74, 6) is -1.06. The van der Waals surface area contributed by atoms with Gasteiger partial charge in [-0.15, -0.1) is 0 Å². The maximum Gasteiger partial charge on any atom is 0.306 e. The molecule has 6 heteroatoms. The van der Waals surface area contributed by atoms with Crippen LogP contribution in [0.5, 0.6) is 0 Å². The number of hydrogen-bond acceptors (Lipinski definition) is 6. The molecule has 54 heavy (non-hydrogen) atoms. The lowest BCUT2D eigenvalue weighted by atomic mass is 10.1. The van der Waals surface area contributed by atoms with E-state index in [1.807, 2.05) is 0 Å². The van der Waals surface area contributed by atoms with Gasteiger partial charge < -0.3 is 14.2 Å². The Bertz CT molecular complexity index is 1140. The third kappa shape index (κ3) is 39.5. The molecule has 0 saturated carbocycles.